The quantitative estimate of drug-likeness (QED) is 0.525. The van der Waals surface area contributed by atoms with Crippen LogP contribution < -0.4 is 17.4 Å². The lowest BCUT2D eigenvalue weighted by molar-refractivity contribution is -0.364. The summed E-state index contributed by atoms with van der Waals surface area (Å²) in [5.74, 6) is 0. The molecule has 2 rings (SSSR count). The zero-order valence-electron chi connectivity index (χ0n) is 6.79. The third kappa shape index (κ3) is 2.54. The molecule has 4 N–H and O–H groups in total. The smallest absolute Gasteiger partial charge is 0.228 e. The van der Waals surface area contributed by atoms with Crippen LogP contribution in [0, 0.1) is 0 Å². The van der Waals surface area contributed by atoms with Gasteiger partial charge in [0.2, 0.25) is 5.69 Å². The third-order valence-corrected chi connectivity index (χ3v) is 1.50. The van der Waals surface area contributed by atoms with Crippen molar-refractivity contribution in [2.45, 2.75) is 0 Å². The standard InChI is InChI=1S/C8H7N3.ClH.H2O/c1-2-5-9-7(3-1)8-4-6-10-11-8;;/h1-6H,(H,10,11);1H;1H2. The molecule has 0 atom stereocenters. The fraction of sp³-hybridized carbons (Fsp3) is 0. The molecule has 2 heterocycles. The Morgan fingerprint density at radius 2 is 2.08 bits per heavy atom. The lowest BCUT2D eigenvalue weighted by atomic mass is 10.3. The van der Waals surface area contributed by atoms with Gasteiger partial charge in [-0.2, -0.15) is 5.10 Å². The van der Waals surface area contributed by atoms with Gasteiger partial charge in [0.05, 0.1) is 0 Å². The molecule has 0 radical (unpaired) electrons. The number of aromatic nitrogens is 3. The average molecular weight is 200 g/mol. The molecule has 2 aromatic heterocycles. The summed E-state index contributed by atoms with van der Waals surface area (Å²) in [6, 6.07) is 7.84. The number of H-pyrrole nitrogens is 2. The first kappa shape index (κ1) is 11.6. The van der Waals surface area contributed by atoms with Gasteiger partial charge in [-0.05, 0) is 12.1 Å². The highest BCUT2D eigenvalue weighted by molar-refractivity contribution is 5.48. The summed E-state index contributed by atoms with van der Waals surface area (Å²) in [6.45, 7) is 0. The minimum Gasteiger partial charge on any atom is -1.00 e. The molecule has 0 spiro atoms. The molecule has 0 unspecified atom stereocenters. The van der Waals surface area contributed by atoms with Crippen LogP contribution in [-0.2, 0) is 0 Å². The highest BCUT2D eigenvalue weighted by atomic mass is 35.5. The Morgan fingerprint density at radius 3 is 2.62 bits per heavy atom. The van der Waals surface area contributed by atoms with Crippen LogP contribution in [0.1, 0.15) is 0 Å². The maximum Gasteiger partial charge on any atom is 0.228 e. The number of hydrogen-bond acceptors (Lipinski definition) is 1. The molecule has 0 saturated heterocycles. The molecule has 0 aliphatic heterocycles. The number of nitrogens with one attached hydrogen (secondary N) is 2. The molecule has 0 saturated carbocycles. The van der Waals surface area contributed by atoms with Crippen LogP contribution >= 0.6 is 0 Å². The molecular weight excluding hydrogens is 190 g/mol. The molecule has 0 fully saturated rings. The zero-order valence-corrected chi connectivity index (χ0v) is 7.55. The average Bonchev–Trinajstić information content (AvgIpc) is 2.58. The van der Waals surface area contributed by atoms with Crippen molar-refractivity contribution >= 4 is 0 Å². The van der Waals surface area contributed by atoms with E-state index in [1.807, 2.05) is 30.5 Å². The largest absolute Gasteiger partial charge is 1.00 e. The molecular formula is C8H10ClN3O. The van der Waals surface area contributed by atoms with E-state index in [0.29, 0.717) is 0 Å². The molecule has 0 aromatic carbocycles. The fourth-order valence-corrected chi connectivity index (χ4v) is 0.967. The van der Waals surface area contributed by atoms with Crippen molar-refractivity contribution in [3.8, 4) is 11.4 Å². The molecule has 5 heteroatoms. The van der Waals surface area contributed by atoms with Gasteiger partial charge in [0.1, 0.15) is 5.69 Å². The molecule has 0 aliphatic rings. The summed E-state index contributed by atoms with van der Waals surface area (Å²) in [5, 5.41) is 6.73. The predicted octanol–water partition coefficient (Wildman–Crippen LogP) is -2.93. The molecule has 4 nitrogen and oxygen atoms in total. The second kappa shape index (κ2) is 5.29. The monoisotopic (exact) mass is 199 g/mol. The Bertz CT molecular complexity index is 322. The molecule has 70 valence electrons. The van der Waals surface area contributed by atoms with Gasteiger partial charge in [0.25, 0.3) is 0 Å². The summed E-state index contributed by atoms with van der Waals surface area (Å²) in [4.78, 5) is 3.10. The van der Waals surface area contributed by atoms with E-state index in [9.17, 15) is 0 Å². The first-order chi connectivity index (χ1) is 5.47. The molecule has 2 aromatic rings. The molecule has 0 aliphatic carbocycles. The third-order valence-electron chi connectivity index (χ3n) is 1.50. The second-order valence-corrected chi connectivity index (χ2v) is 2.25. The Labute approximate surface area is 81.7 Å². The Balaban J connectivity index is 0.000000720. The van der Waals surface area contributed by atoms with E-state index < -0.39 is 0 Å². The zero-order chi connectivity index (χ0) is 7.52. The lowest BCUT2D eigenvalue weighted by Gasteiger charge is -1.85. The summed E-state index contributed by atoms with van der Waals surface area (Å²) in [5.41, 5.74) is 2.05. The summed E-state index contributed by atoms with van der Waals surface area (Å²) in [6.07, 6.45) is 3.62. The molecule has 13 heavy (non-hydrogen) atoms. The minimum absolute atomic E-state index is 0. The lowest BCUT2D eigenvalue weighted by Crippen LogP contribution is -3.00. The van der Waals surface area contributed by atoms with Crippen LogP contribution in [-0.4, -0.2) is 15.7 Å². The van der Waals surface area contributed by atoms with Crippen LogP contribution in [0.15, 0.2) is 36.7 Å². The van der Waals surface area contributed by atoms with Crippen molar-refractivity contribution in [2.24, 2.45) is 0 Å². The van der Waals surface area contributed by atoms with Gasteiger partial charge in [-0.1, -0.05) is 0 Å². The number of pyridine rings is 1. The van der Waals surface area contributed by atoms with Gasteiger partial charge in [0, 0.05) is 18.3 Å². The van der Waals surface area contributed by atoms with Crippen molar-refractivity contribution in [3.63, 3.8) is 0 Å². The normalized spacial score (nSPS) is 8.31. The number of aromatic amines is 2. The molecule has 0 amide bonds. The van der Waals surface area contributed by atoms with Gasteiger partial charge >= 0.3 is 0 Å². The topological polar surface area (TPSA) is 74.3 Å². The summed E-state index contributed by atoms with van der Waals surface area (Å²) in [7, 11) is 0. The van der Waals surface area contributed by atoms with Gasteiger partial charge in [-0.15, -0.1) is 0 Å². The van der Waals surface area contributed by atoms with E-state index in [2.05, 4.69) is 15.2 Å². The first-order valence-electron chi connectivity index (χ1n) is 3.43. The van der Waals surface area contributed by atoms with E-state index >= 15 is 0 Å². The van der Waals surface area contributed by atoms with E-state index in [0.717, 1.165) is 11.4 Å². The molecule has 0 bridgehead atoms. The Hall–Kier alpha value is -1.39. The van der Waals surface area contributed by atoms with Crippen LogP contribution in [0.5, 0.6) is 0 Å². The van der Waals surface area contributed by atoms with Crippen molar-refractivity contribution in [1.82, 2.24) is 10.2 Å². The number of halogens is 1. The second-order valence-electron chi connectivity index (χ2n) is 2.25. The summed E-state index contributed by atoms with van der Waals surface area (Å²) >= 11 is 0. The SMILES string of the molecule is O.[Cl-].c1ccc(-c2ccn[nH]2)[nH+]c1. The van der Waals surface area contributed by atoms with E-state index in [1.54, 1.807) is 6.20 Å². The maximum absolute atomic E-state index is 3.85. The first-order valence-corrected chi connectivity index (χ1v) is 3.43. The van der Waals surface area contributed by atoms with Crippen LogP contribution in [0.3, 0.4) is 0 Å². The highest BCUT2D eigenvalue weighted by Crippen LogP contribution is 2.07. The summed E-state index contributed by atoms with van der Waals surface area (Å²) < 4.78 is 0. The minimum atomic E-state index is 0. The number of hydrogen-bond donors (Lipinski definition) is 1. The number of nitrogens with zero attached hydrogens (tertiary/aromatic N) is 1. The van der Waals surface area contributed by atoms with Crippen LogP contribution in [0.4, 0.5) is 0 Å². The van der Waals surface area contributed by atoms with E-state index in [4.69, 9.17) is 0 Å². The van der Waals surface area contributed by atoms with Crippen LogP contribution in [0.2, 0.25) is 0 Å². The van der Waals surface area contributed by atoms with Gasteiger partial charge in [-0.25, -0.2) is 4.98 Å². The van der Waals surface area contributed by atoms with Crippen LogP contribution in [0.25, 0.3) is 11.4 Å². The highest BCUT2D eigenvalue weighted by Gasteiger charge is 2.02. The van der Waals surface area contributed by atoms with E-state index in [-0.39, 0.29) is 17.9 Å². The van der Waals surface area contributed by atoms with Crippen molar-refractivity contribution in [3.05, 3.63) is 36.7 Å². The van der Waals surface area contributed by atoms with E-state index in [1.165, 1.54) is 0 Å². The maximum atomic E-state index is 3.85. The Kier molecular flexibility index (Phi) is 4.72. The van der Waals surface area contributed by atoms with Gasteiger partial charge in [0.15, 0.2) is 6.20 Å². The fourth-order valence-electron chi connectivity index (χ4n) is 0.967. The van der Waals surface area contributed by atoms with Crippen molar-refractivity contribution < 1.29 is 22.9 Å². The Morgan fingerprint density at radius 1 is 1.23 bits per heavy atom. The van der Waals surface area contributed by atoms with Gasteiger partial charge < -0.3 is 17.9 Å². The van der Waals surface area contributed by atoms with Gasteiger partial charge in [-0.3, -0.25) is 5.10 Å². The van der Waals surface area contributed by atoms with Crippen molar-refractivity contribution in [1.29, 1.82) is 0 Å². The van der Waals surface area contributed by atoms with Crippen molar-refractivity contribution in [2.75, 3.05) is 0 Å². The predicted molar refractivity (Wildman–Crippen MR) is 44.2 cm³/mol. The number of rotatable bonds is 1.